The molecule has 0 spiro atoms. The SMILES string of the molecule is Cc1sc2c(c1C)C(c1ccc(Cl)cc1)=N[C@@H](CC(=O)N1CCN(c3ccc(-n4c(-c5cc(C(C)C)c(O)cc5O)n[nH]c4=O)cc3)CC1)c1nnc(C)n1-2. The zero-order valence-corrected chi connectivity index (χ0v) is 32.6. The first-order valence-corrected chi connectivity index (χ1v) is 19.3. The van der Waals surface area contributed by atoms with E-state index in [1.807, 2.05) is 74.2 Å². The first-order valence-electron chi connectivity index (χ1n) is 18.1. The van der Waals surface area contributed by atoms with Gasteiger partial charge in [-0.2, -0.15) is 5.10 Å². The van der Waals surface area contributed by atoms with E-state index in [1.165, 1.54) is 15.5 Å². The molecule has 0 radical (unpaired) electrons. The number of hydrogen-bond acceptors (Lipinski definition) is 10. The Balaban J connectivity index is 1.00. The van der Waals surface area contributed by atoms with Gasteiger partial charge in [0.1, 0.15) is 28.4 Å². The van der Waals surface area contributed by atoms with Gasteiger partial charge in [-0.3, -0.25) is 14.4 Å². The van der Waals surface area contributed by atoms with E-state index in [9.17, 15) is 19.8 Å². The van der Waals surface area contributed by atoms with Crippen molar-refractivity contribution in [2.75, 3.05) is 31.1 Å². The van der Waals surface area contributed by atoms with Gasteiger partial charge < -0.3 is 20.0 Å². The lowest BCUT2D eigenvalue weighted by Crippen LogP contribution is -2.49. The van der Waals surface area contributed by atoms with Gasteiger partial charge in [0.15, 0.2) is 11.6 Å². The number of hydrogen-bond donors (Lipinski definition) is 3. The number of aryl methyl sites for hydroxylation is 2. The standard InChI is InChI=1S/C40H40ClN9O4S/c1-21(2)29-18-30(33(52)20-32(29)51)37-44-46-40(54)50(37)28-12-10-27(11-13-28)47-14-16-48(17-15-47)34(53)19-31-38-45-43-24(5)49(38)39-35(22(3)23(4)55-39)36(42-31)25-6-8-26(41)9-7-25/h6-13,18,20-21,31,51-52H,14-17,19H2,1-5H3,(H,46,54)/t31-/m0/s1. The van der Waals surface area contributed by atoms with E-state index in [-0.39, 0.29) is 35.6 Å². The number of fused-ring (bicyclic) bond motifs is 3. The van der Waals surface area contributed by atoms with Crippen LogP contribution < -0.4 is 10.6 Å². The molecule has 3 aromatic heterocycles. The molecule has 1 saturated heterocycles. The third-order valence-corrected chi connectivity index (χ3v) is 12.0. The van der Waals surface area contributed by atoms with Crippen molar-refractivity contribution in [3.63, 3.8) is 0 Å². The summed E-state index contributed by atoms with van der Waals surface area (Å²) in [5.41, 5.74) is 5.92. The minimum atomic E-state index is -0.541. The second kappa shape index (κ2) is 14.2. The predicted molar refractivity (Wildman–Crippen MR) is 214 cm³/mol. The van der Waals surface area contributed by atoms with Crippen molar-refractivity contribution in [1.29, 1.82) is 0 Å². The van der Waals surface area contributed by atoms with Gasteiger partial charge in [-0.15, -0.1) is 21.5 Å². The first-order chi connectivity index (χ1) is 26.4. The Bertz CT molecular complexity index is 2520. The Kier molecular flexibility index (Phi) is 9.34. The van der Waals surface area contributed by atoms with E-state index in [1.54, 1.807) is 17.4 Å². The second-order valence-corrected chi connectivity index (χ2v) is 15.9. The Morgan fingerprint density at radius 2 is 1.62 bits per heavy atom. The van der Waals surface area contributed by atoms with Gasteiger partial charge in [0, 0.05) is 59.0 Å². The van der Waals surface area contributed by atoms with E-state index in [2.05, 4.69) is 43.7 Å². The lowest BCUT2D eigenvalue weighted by molar-refractivity contribution is -0.131. The fraction of sp³-hybridized carbons (Fsp3) is 0.300. The number of anilines is 1. The number of thiophene rings is 1. The number of amides is 1. The zero-order valence-electron chi connectivity index (χ0n) is 31.0. The van der Waals surface area contributed by atoms with Gasteiger partial charge in [-0.25, -0.2) is 14.5 Å². The Labute approximate surface area is 326 Å². The largest absolute Gasteiger partial charge is 0.508 e. The predicted octanol–water partition coefficient (Wildman–Crippen LogP) is 6.61. The van der Waals surface area contributed by atoms with Crippen LogP contribution >= 0.6 is 22.9 Å². The minimum Gasteiger partial charge on any atom is -0.508 e. The van der Waals surface area contributed by atoms with Gasteiger partial charge in [0.25, 0.3) is 0 Å². The van der Waals surface area contributed by atoms with Crippen LogP contribution in [-0.4, -0.2) is 82.4 Å². The Morgan fingerprint density at radius 1 is 0.927 bits per heavy atom. The van der Waals surface area contributed by atoms with Crippen LogP contribution in [0.4, 0.5) is 5.69 Å². The van der Waals surface area contributed by atoms with Crippen LogP contribution in [-0.2, 0) is 4.79 Å². The van der Waals surface area contributed by atoms with Crippen LogP contribution in [0.25, 0.3) is 22.1 Å². The number of aromatic nitrogens is 6. The van der Waals surface area contributed by atoms with Crippen LogP contribution in [0, 0.1) is 20.8 Å². The Morgan fingerprint density at radius 3 is 2.31 bits per heavy atom. The summed E-state index contributed by atoms with van der Waals surface area (Å²) in [6.07, 6.45) is 0.147. The summed E-state index contributed by atoms with van der Waals surface area (Å²) in [4.78, 5) is 37.5. The number of phenolic OH excluding ortho intramolecular Hbond substituents is 2. The third kappa shape index (κ3) is 6.48. The summed E-state index contributed by atoms with van der Waals surface area (Å²) in [5, 5.41) is 38.4. The van der Waals surface area contributed by atoms with Gasteiger partial charge in [-0.1, -0.05) is 37.6 Å². The van der Waals surface area contributed by atoms with Crippen molar-refractivity contribution < 1.29 is 15.0 Å². The molecular weight excluding hydrogens is 738 g/mol. The maximum Gasteiger partial charge on any atom is 0.348 e. The minimum absolute atomic E-state index is 0.00506. The van der Waals surface area contributed by atoms with Crippen molar-refractivity contribution in [2.45, 2.75) is 53.0 Å². The molecule has 2 aliphatic heterocycles. The average molecular weight is 778 g/mol. The molecule has 0 aliphatic carbocycles. The number of H-pyrrole nitrogens is 1. The topological polar surface area (TPSA) is 158 Å². The van der Waals surface area contributed by atoms with Crippen molar-refractivity contribution in [1.82, 2.24) is 34.4 Å². The molecule has 1 amide bonds. The summed E-state index contributed by atoms with van der Waals surface area (Å²) in [7, 11) is 0. The normalized spacial score (nSPS) is 15.5. The maximum absolute atomic E-state index is 14.0. The van der Waals surface area contributed by atoms with Crippen LogP contribution in [0.5, 0.6) is 11.5 Å². The van der Waals surface area contributed by atoms with Crippen LogP contribution in [0.2, 0.25) is 5.02 Å². The molecule has 5 heterocycles. The molecule has 3 N–H and O–H groups in total. The molecular formula is C40H40ClN9O4S. The van der Waals surface area contributed by atoms with Gasteiger partial charge in [-0.05, 0) is 80.3 Å². The third-order valence-electron chi connectivity index (χ3n) is 10.5. The van der Waals surface area contributed by atoms with Crippen LogP contribution in [0.3, 0.4) is 0 Å². The van der Waals surface area contributed by atoms with Crippen LogP contribution in [0.1, 0.15) is 71.0 Å². The van der Waals surface area contributed by atoms with Crippen molar-refractivity contribution in [2.24, 2.45) is 4.99 Å². The monoisotopic (exact) mass is 777 g/mol. The fourth-order valence-corrected chi connectivity index (χ4v) is 8.75. The van der Waals surface area contributed by atoms with E-state index in [0.29, 0.717) is 53.8 Å². The number of carbonyl (C=O) groups is 1. The number of aliphatic imine (C=N–C) groups is 1. The second-order valence-electron chi connectivity index (χ2n) is 14.3. The van der Waals surface area contributed by atoms with E-state index in [4.69, 9.17) is 16.6 Å². The van der Waals surface area contributed by atoms with Gasteiger partial charge in [0.05, 0.1) is 23.4 Å². The van der Waals surface area contributed by atoms with Crippen molar-refractivity contribution in [3.8, 4) is 33.6 Å². The Hall–Kier alpha value is -5.73. The van der Waals surface area contributed by atoms with Crippen molar-refractivity contribution in [3.05, 3.63) is 115 Å². The lowest BCUT2D eigenvalue weighted by atomic mass is 9.98. The molecule has 3 aromatic carbocycles. The molecule has 0 saturated carbocycles. The molecule has 6 aromatic rings. The highest BCUT2D eigenvalue weighted by Crippen LogP contribution is 2.40. The van der Waals surface area contributed by atoms with Crippen LogP contribution in [0.15, 0.2) is 70.5 Å². The molecule has 0 bridgehead atoms. The number of benzene rings is 3. The number of halogens is 1. The summed E-state index contributed by atoms with van der Waals surface area (Å²) >= 11 is 7.94. The maximum atomic E-state index is 14.0. The molecule has 1 fully saturated rings. The molecule has 0 unspecified atom stereocenters. The number of nitrogens with one attached hydrogen (secondary N) is 1. The lowest BCUT2D eigenvalue weighted by Gasteiger charge is -2.36. The number of aromatic amines is 1. The van der Waals surface area contributed by atoms with Gasteiger partial charge in [0.2, 0.25) is 5.91 Å². The van der Waals surface area contributed by atoms with E-state index >= 15 is 0 Å². The summed E-state index contributed by atoms with van der Waals surface area (Å²) < 4.78 is 3.46. The molecule has 2 aliphatic rings. The highest BCUT2D eigenvalue weighted by molar-refractivity contribution is 7.15. The molecule has 282 valence electrons. The number of aromatic hydroxyl groups is 2. The van der Waals surface area contributed by atoms with Crippen molar-refractivity contribution >= 4 is 40.2 Å². The first kappa shape index (κ1) is 36.3. The van der Waals surface area contributed by atoms with E-state index in [0.717, 1.165) is 38.9 Å². The molecule has 15 heteroatoms. The average Bonchev–Trinajstić information content (AvgIpc) is 3.81. The fourth-order valence-electron chi connectivity index (χ4n) is 7.41. The number of phenols is 2. The smallest absolute Gasteiger partial charge is 0.348 e. The zero-order chi connectivity index (χ0) is 38.7. The quantitative estimate of drug-likeness (QED) is 0.163. The molecule has 13 nitrogen and oxygen atoms in total. The summed E-state index contributed by atoms with van der Waals surface area (Å²) in [5.74, 6) is 1.41. The molecule has 8 rings (SSSR count). The number of carbonyl (C=O) groups excluding carboxylic acids is 1. The number of rotatable bonds is 7. The van der Waals surface area contributed by atoms with Gasteiger partial charge >= 0.3 is 5.69 Å². The number of nitrogens with zero attached hydrogens (tertiary/aromatic N) is 8. The van der Waals surface area contributed by atoms with E-state index < -0.39 is 11.7 Å². The molecule has 55 heavy (non-hydrogen) atoms. The molecule has 1 atom stereocenters. The highest BCUT2D eigenvalue weighted by Gasteiger charge is 2.34. The number of piperazine rings is 1. The summed E-state index contributed by atoms with van der Waals surface area (Å²) in [6.45, 7) is 12.3. The summed E-state index contributed by atoms with van der Waals surface area (Å²) in [6, 6.07) is 17.6. The highest BCUT2D eigenvalue weighted by atomic mass is 35.5.